The molecule has 0 aliphatic carbocycles. The first-order chi connectivity index (χ1) is 13.6. The normalized spacial score (nSPS) is 13.6. The lowest BCUT2D eigenvalue weighted by Gasteiger charge is -2.15. The van der Waals surface area contributed by atoms with Crippen LogP contribution in [-0.4, -0.2) is 38.3 Å². The highest BCUT2D eigenvalue weighted by Gasteiger charge is 2.34. The number of aromatic nitrogens is 4. The molecule has 2 rings (SSSR count). The molecule has 2 heterocycles. The molecule has 1 amide bonds. The largest absolute Gasteiger partial charge is 0.433 e. The van der Waals surface area contributed by atoms with E-state index in [-0.39, 0.29) is 22.6 Å². The van der Waals surface area contributed by atoms with Crippen LogP contribution in [0.2, 0.25) is 10.4 Å². The monoisotopic (exact) mass is 447 g/mol. The highest BCUT2D eigenvalue weighted by molar-refractivity contribution is 6.29. The minimum Gasteiger partial charge on any atom is -0.342 e. The topological polar surface area (TPSA) is 97.4 Å². The quantitative estimate of drug-likeness (QED) is 0.436. The number of pyridine rings is 1. The Hall–Kier alpha value is -2.79. The summed E-state index contributed by atoms with van der Waals surface area (Å²) in [5.41, 5.74) is -1.61. The van der Waals surface area contributed by atoms with Crippen LogP contribution in [-0.2, 0) is 6.18 Å². The first-order valence-corrected chi connectivity index (χ1v) is 8.66. The molecule has 0 radical (unpaired) electrons. The van der Waals surface area contributed by atoms with Gasteiger partial charge < -0.3 is 5.32 Å². The first kappa shape index (κ1) is 22.5. The predicted molar refractivity (Wildman–Crippen MR) is 102 cm³/mol. The maximum absolute atomic E-state index is 12.9. The molecule has 2 aromatic rings. The standard InChI is InChI=1S/C16H14Cl2F3N7O/c1-4-5-23-15(22-3)28-12(26-14(18)27-28)8(2)24-13(29)9-6-10(16(19,20)21)25-11(17)7-9/h4-8H,3H2,1-2H3,(H,24,29)/b5-4-,23-15+. The number of nitrogens with zero attached hydrogens (tertiary/aromatic N) is 6. The molecule has 1 unspecified atom stereocenters. The molecular weight excluding hydrogens is 434 g/mol. The number of carbonyl (C=O) groups excluding carboxylic acids is 1. The lowest BCUT2D eigenvalue weighted by molar-refractivity contribution is -0.141. The number of carbonyl (C=O) groups is 1. The van der Waals surface area contributed by atoms with Crippen LogP contribution >= 0.6 is 23.2 Å². The molecule has 0 aliphatic rings. The van der Waals surface area contributed by atoms with Gasteiger partial charge in [-0.3, -0.25) is 4.79 Å². The highest BCUT2D eigenvalue weighted by atomic mass is 35.5. The molecule has 13 heteroatoms. The zero-order valence-electron chi connectivity index (χ0n) is 15.1. The van der Waals surface area contributed by atoms with Crippen LogP contribution in [0, 0.1) is 0 Å². The average molecular weight is 448 g/mol. The lowest BCUT2D eigenvalue weighted by Crippen LogP contribution is -2.30. The Balaban J connectivity index is 2.34. The Morgan fingerprint density at radius 3 is 2.62 bits per heavy atom. The Morgan fingerprint density at radius 1 is 1.34 bits per heavy atom. The van der Waals surface area contributed by atoms with E-state index in [9.17, 15) is 18.0 Å². The number of amides is 1. The molecule has 29 heavy (non-hydrogen) atoms. The van der Waals surface area contributed by atoms with Crippen LogP contribution in [0.25, 0.3) is 0 Å². The third-order valence-corrected chi connectivity index (χ3v) is 3.71. The molecule has 0 spiro atoms. The molecule has 0 bridgehead atoms. The van der Waals surface area contributed by atoms with Crippen molar-refractivity contribution in [2.75, 3.05) is 0 Å². The summed E-state index contributed by atoms with van der Waals surface area (Å²) in [5, 5.41) is 5.81. The van der Waals surface area contributed by atoms with Crippen molar-refractivity contribution in [1.82, 2.24) is 25.1 Å². The fraction of sp³-hybridized carbons (Fsp3) is 0.250. The molecule has 0 aromatic carbocycles. The first-order valence-electron chi connectivity index (χ1n) is 7.91. The van der Waals surface area contributed by atoms with Crippen LogP contribution in [0.15, 0.2) is 34.4 Å². The number of nitrogens with one attached hydrogen (secondary N) is 1. The second-order valence-corrected chi connectivity index (χ2v) is 6.20. The van der Waals surface area contributed by atoms with Gasteiger partial charge in [0, 0.05) is 11.8 Å². The predicted octanol–water partition coefficient (Wildman–Crippen LogP) is 3.93. The molecule has 0 saturated carbocycles. The maximum Gasteiger partial charge on any atom is 0.433 e. The van der Waals surface area contributed by atoms with Crippen LogP contribution in [0.4, 0.5) is 13.2 Å². The maximum atomic E-state index is 12.9. The van der Waals surface area contributed by atoms with E-state index in [1.165, 1.54) is 13.1 Å². The van der Waals surface area contributed by atoms with Gasteiger partial charge in [0.25, 0.3) is 11.9 Å². The minimum atomic E-state index is -4.76. The number of alkyl halides is 3. The molecule has 1 atom stereocenters. The van der Waals surface area contributed by atoms with Crippen molar-refractivity contribution in [1.29, 1.82) is 0 Å². The Morgan fingerprint density at radius 2 is 2.03 bits per heavy atom. The van der Waals surface area contributed by atoms with Gasteiger partial charge in [-0.15, -0.1) is 5.10 Å². The molecule has 0 aliphatic heterocycles. The Bertz CT molecular complexity index is 985. The van der Waals surface area contributed by atoms with Crippen LogP contribution in [0.3, 0.4) is 0 Å². The molecule has 2 aromatic heterocycles. The van der Waals surface area contributed by atoms with Crippen molar-refractivity contribution >= 4 is 41.8 Å². The number of halogens is 5. The molecule has 0 fully saturated rings. The summed E-state index contributed by atoms with van der Waals surface area (Å²) in [7, 11) is 0. The van der Waals surface area contributed by atoms with E-state index >= 15 is 0 Å². The van der Waals surface area contributed by atoms with Gasteiger partial charge in [-0.1, -0.05) is 17.7 Å². The van der Waals surface area contributed by atoms with E-state index in [2.05, 4.69) is 37.1 Å². The smallest absolute Gasteiger partial charge is 0.342 e. The van der Waals surface area contributed by atoms with E-state index in [1.54, 1.807) is 13.0 Å². The van der Waals surface area contributed by atoms with Gasteiger partial charge in [0.15, 0.2) is 5.82 Å². The number of aliphatic imine (C=N–C) groups is 2. The average Bonchev–Trinajstić information content (AvgIpc) is 3.03. The van der Waals surface area contributed by atoms with E-state index in [4.69, 9.17) is 23.2 Å². The van der Waals surface area contributed by atoms with E-state index in [0.29, 0.717) is 6.07 Å². The van der Waals surface area contributed by atoms with Crippen molar-refractivity contribution in [2.24, 2.45) is 9.98 Å². The number of hydrogen-bond donors (Lipinski definition) is 1. The Labute approximate surface area is 173 Å². The van der Waals surface area contributed by atoms with Crippen LogP contribution in [0.5, 0.6) is 0 Å². The number of hydrogen-bond acceptors (Lipinski definition) is 5. The molecule has 8 nitrogen and oxygen atoms in total. The van der Waals surface area contributed by atoms with Gasteiger partial charge in [-0.25, -0.2) is 15.0 Å². The third-order valence-electron chi connectivity index (χ3n) is 3.36. The number of rotatable bonds is 4. The summed E-state index contributed by atoms with van der Waals surface area (Å²) in [4.78, 5) is 27.4. The highest BCUT2D eigenvalue weighted by Crippen LogP contribution is 2.29. The summed E-state index contributed by atoms with van der Waals surface area (Å²) in [6.07, 6.45) is -1.68. The van der Waals surface area contributed by atoms with Crippen molar-refractivity contribution in [2.45, 2.75) is 26.1 Å². The lowest BCUT2D eigenvalue weighted by atomic mass is 10.2. The molecule has 0 saturated heterocycles. The van der Waals surface area contributed by atoms with Crippen molar-refractivity contribution < 1.29 is 18.0 Å². The minimum absolute atomic E-state index is 0.0323. The van der Waals surface area contributed by atoms with Crippen molar-refractivity contribution in [3.05, 3.63) is 51.9 Å². The van der Waals surface area contributed by atoms with Gasteiger partial charge >= 0.3 is 6.18 Å². The summed E-state index contributed by atoms with van der Waals surface area (Å²) in [6.45, 7) is 6.65. The fourth-order valence-corrected chi connectivity index (χ4v) is 2.52. The van der Waals surface area contributed by atoms with Gasteiger partial charge in [0.2, 0.25) is 5.28 Å². The SMILES string of the molecule is C=N/C(=N\C=C/C)n1nc(Cl)nc1C(C)NC(=O)c1cc(Cl)nc(C(F)(F)F)c1. The molecule has 154 valence electrons. The van der Waals surface area contributed by atoms with Gasteiger partial charge in [-0.2, -0.15) is 22.8 Å². The molecule has 1 N–H and O–H groups in total. The van der Waals surface area contributed by atoms with Crippen molar-refractivity contribution in [3.63, 3.8) is 0 Å². The van der Waals surface area contributed by atoms with Crippen LogP contribution in [0.1, 0.15) is 41.8 Å². The van der Waals surface area contributed by atoms with Crippen LogP contribution < -0.4 is 5.32 Å². The summed E-state index contributed by atoms with van der Waals surface area (Å²) >= 11 is 11.5. The van der Waals surface area contributed by atoms with Gasteiger partial charge in [0.05, 0.1) is 6.04 Å². The Kier molecular flexibility index (Phi) is 7.09. The summed E-state index contributed by atoms with van der Waals surface area (Å²) < 4.78 is 39.9. The van der Waals surface area contributed by atoms with E-state index in [1.807, 2.05) is 0 Å². The second kappa shape index (κ2) is 9.14. The fourth-order valence-electron chi connectivity index (χ4n) is 2.15. The van der Waals surface area contributed by atoms with Gasteiger partial charge in [0.1, 0.15) is 10.8 Å². The van der Waals surface area contributed by atoms with E-state index < -0.39 is 29.0 Å². The van der Waals surface area contributed by atoms with E-state index in [0.717, 1.165) is 10.7 Å². The summed E-state index contributed by atoms with van der Waals surface area (Å²) in [5.74, 6) is -0.670. The summed E-state index contributed by atoms with van der Waals surface area (Å²) in [6, 6.07) is 0.776. The second-order valence-electron chi connectivity index (χ2n) is 5.48. The van der Waals surface area contributed by atoms with Crippen molar-refractivity contribution in [3.8, 4) is 0 Å². The van der Waals surface area contributed by atoms with Gasteiger partial charge in [-0.05, 0) is 44.3 Å². The third kappa shape index (κ3) is 5.61. The zero-order chi connectivity index (χ0) is 21.8. The molecular formula is C16H14Cl2F3N7O. The number of allylic oxidation sites excluding steroid dienone is 1. The zero-order valence-corrected chi connectivity index (χ0v) is 16.6.